The van der Waals surface area contributed by atoms with E-state index >= 15 is 0 Å². The summed E-state index contributed by atoms with van der Waals surface area (Å²) in [6.45, 7) is 5.31. The van der Waals surface area contributed by atoms with Crippen molar-refractivity contribution in [1.29, 1.82) is 0 Å². The molecule has 0 aliphatic carbocycles. The van der Waals surface area contributed by atoms with E-state index in [0.717, 1.165) is 5.56 Å². The molecule has 9 nitrogen and oxygen atoms in total. The fraction of sp³-hybridized carbons (Fsp3) is 0.348. The fourth-order valence-corrected chi connectivity index (χ4v) is 3.05. The van der Waals surface area contributed by atoms with Crippen LogP contribution in [-0.2, 0) is 20.9 Å². The fourth-order valence-electron chi connectivity index (χ4n) is 2.59. The van der Waals surface area contributed by atoms with Gasteiger partial charge in [0.15, 0.2) is 11.5 Å². The van der Waals surface area contributed by atoms with Crippen molar-refractivity contribution >= 4 is 34.1 Å². The van der Waals surface area contributed by atoms with Gasteiger partial charge in [-0.25, -0.2) is 10.2 Å². The average molecular weight is 522 g/mol. The summed E-state index contributed by atoms with van der Waals surface area (Å²) in [5.41, 5.74) is 2.85. The van der Waals surface area contributed by atoms with Gasteiger partial charge in [0.05, 0.1) is 26.5 Å². The zero-order valence-electron chi connectivity index (χ0n) is 18.9. The van der Waals surface area contributed by atoms with Crippen molar-refractivity contribution in [2.75, 3.05) is 13.7 Å². The minimum Gasteiger partial charge on any atom is -0.504 e. The second-order valence-corrected chi connectivity index (χ2v) is 8.90. The number of nitrogens with one attached hydrogen (secondary N) is 2. The molecule has 0 aliphatic heterocycles. The Hall–Kier alpha value is -3.11. The summed E-state index contributed by atoms with van der Waals surface area (Å²) in [4.78, 5) is 24.9. The highest BCUT2D eigenvalue weighted by Crippen LogP contribution is 2.32. The predicted octanol–water partition coefficient (Wildman–Crippen LogP) is 3.72. The van der Waals surface area contributed by atoms with E-state index in [9.17, 15) is 14.7 Å². The first-order valence-corrected chi connectivity index (χ1v) is 10.9. The van der Waals surface area contributed by atoms with Gasteiger partial charge >= 0.3 is 6.09 Å². The quantitative estimate of drug-likeness (QED) is 0.341. The number of rotatable bonds is 9. The van der Waals surface area contributed by atoms with Gasteiger partial charge in [-0.3, -0.25) is 4.79 Å². The molecule has 178 valence electrons. The van der Waals surface area contributed by atoms with E-state index in [4.69, 9.17) is 14.2 Å². The molecule has 0 bridgehead atoms. The number of halogens is 1. The normalized spacial score (nSPS) is 12.3. The van der Waals surface area contributed by atoms with Crippen LogP contribution >= 0.6 is 15.9 Å². The van der Waals surface area contributed by atoms with Gasteiger partial charge in [0.25, 0.3) is 5.91 Å². The summed E-state index contributed by atoms with van der Waals surface area (Å²) < 4.78 is 16.6. The number of hydrazone groups is 1. The highest BCUT2D eigenvalue weighted by atomic mass is 79.9. The monoisotopic (exact) mass is 521 g/mol. The smallest absolute Gasteiger partial charge is 0.408 e. The van der Waals surface area contributed by atoms with Crippen molar-refractivity contribution in [3.63, 3.8) is 0 Å². The van der Waals surface area contributed by atoms with Crippen molar-refractivity contribution in [3.8, 4) is 11.5 Å². The van der Waals surface area contributed by atoms with Gasteiger partial charge in [-0.15, -0.1) is 0 Å². The first kappa shape index (κ1) is 26.1. The molecule has 2 aromatic rings. The minimum absolute atomic E-state index is 0.106. The second-order valence-electron chi connectivity index (χ2n) is 7.98. The third-order valence-corrected chi connectivity index (χ3v) is 4.53. The standard InChI is InChI=1S/C23H28BrN3O6/c1-23(2,3)33-22(30)26-18(14-32-13-15-8-6-5-7-9-15)21(29)27-25-12-16-10-17(24)11-19(31-4)20(16)28/h5-12,18,28H,13-14H2,1-4H3,(H,26,30)(H,27,29)/b25-12-/t18-/m0/s1. The Morgan fingerprint density at radius 1 is 1.21 bits per heavy atom. The van der Waals surface area contributed by atoms with E-state index in [-0.39, 0.29) is 24.7 Å². The molecule has 0 unspecified atom stereocenters. The Kier molecular flexibility index (Phi) is 9.68. The first-order valence-electron chi connectivity index (χ1n) is 10.1. The van der Waals surface area contributed by atoms with Crippen LogP contribution in [-0.4, -0.2) is 48.7 Å². The molecule has 0 saturated heterocycles. The van der Waals surface area contributed by atoms with Crippen LogP contribution in [0.25, 0.3) is 0 Å². The van der Waals surface area contributed by atoms with Crippen molar-refractivity contribution < 1.29 is 28.9 Å². The number of hydrogen-bond acceptors (Lipinski definition) is 7. The summed E-state index contributed by atoms with van der Waals surface area (Å²) in [7, 11) is 1.42. The molecule has 10 heteroatoms. The third-order valence-electron chi connectivity index (χ3n) is 4.07. The summed E-state index contributed by atoms with van der Waals surface area (Å²) >= 11 is 3.31. The van der Waals surface area contributed by atoms with Gasteiger partial charge in [0.1, 0.15) is 11.6 Å². The van der Waals surface area contributed by atoms with Crippen molar-refractivity contribution in [2.45, 2.75) is 39.0 Å². The van der Waals surface area contributed by atoms with Gasteiger partial charge < -0.3 is 24.6 Å². The van der Waals surface area contributed by atoms with Gasteiger partial charge in [0.2, 0.25) is 0 Å². The molecule has 0 spiro atoms. The lowest BCUT2D eigenvalue weighted by Gasteiger charge is -2.22. The number of nitrogens with zero attached hydrogens (tertiary/aromatic N) is 1. The number of alkyl carbamates (subject to hydrolysis) is 1. The van der Waals surface area contributed by atoms with Gasteiger partial charge in [0, 0.05) is 10.0 Å². The largest absolute Gasteiger partial charge is 0.504 e. The Morgan fingerprint density at radius 3 is 2.55 bits per heavy atom. The summed E-state index contributed by atoms with van der Waals surface area (Å²) in [6, 6.07) is 11.6. The molecular formula is C23H28BrN3O6. The lowest BCUT2D eigenvalue weighted by molar-refractivity contribution is -0.124. The molecule has 0 saturated carbocycles. The number of aromatic hydroxyl groups is 1. The number of methoxy groups -OCH3 is 1. The van der Waals surface area contributed by atoms with Crippen molar-refractivity contribution in [1.82, 2.24) is 10.7 Å². The van der Waals surface area contributed by atoms with E-state index in [1.165, 1.54) is 13.3 Å². The average Bonchev–Trinajstić information content (AvgIpc) is 2.74. The zero-order valence-corrected chi connectivity index (χ0v) is 20.5. The van der Waals surface area contributed by atoms with E-state index in [1.54, 1.807) is 32.9 Å². The van der Waals surface area contributed by atoms with Crippen LogP contribution < -0.4 is 15.5 Å². The molecule has 0 heterocycles. The molecule has 0 fully saturated rings. The molecule has 2 rings (SSSR count). The number of ether oxygens (including phenoxy) is 3. The Labute approximate surface area is 201 Å². The minimum atomic E-state index is -1.06. The maximum atomic E-state index is 12.7. The summed E-state index contributed by atoms with van der Waals surface area (Å²) in [5.74, 6) is -0.504. The van der Waals surface area contributed by atoms with E-state index in [2.05, 4.69) is 31.8 Å². The van der Waals surface area contributed by atoms with Crippen molar-refractivity contribution in [3.05, 3.63) is 58.1 Å². The number of benzene rings is 2. The first-order chi connectivity index (χ1) is 15.6. The Balaban J connectivity index is 2.05. The van der Waals surface area contributed by atoms with Crippen LogP contribution in [0.4, 0.5) is 4.79 Å². The molecule has 0 aliphatic rings. The third kappa shape index (κ3) is 9.11. The SMILES string of the molecule is COc1cc(Br)cc(/C=N\NC(=O)[C@H](COCc2ccccc2)NC(=O)OC(C)(C)C)c1O. The maximum absolute atomic E-state index is 12.7. The van der Waals surface area contributed by atoms with E-state index in [1.807, 2.05) is 30.3 Å². The highest BCUT2D eigenvalue weighted by molar-refractivity contribution is 9.10. The van der Waals surface area contributed by atoms with Crippen LogP contribution in [0.5, 0.6) is 11.5 Å². The molecular weight excluding hydrogens is 494 g/mol. The van der Waals surface area contributed by atoms with Gasteiger partial charge in [-0.05, 0) is 38.5 Å². The van der Waals surface area contributed by atoms with E-state index in [0.29, 0.717) is 10.0 Å². The van der Waals surface area contributed by atoms with Crippen LogP contribution in [0, 0.1) is 0 Å². The molecule has 0 radical (unpaired) electrons. The molecule has 0 aromatic heterocycles. The summed E-state index contributed by atoms with van der Waals surface area (Å²) in [5, 5.41) is 16.6. The maximum Gasteiger partial charge on any atom is 0.408 e. The number of carbonyl (C=O) groups is 2. The predicted molar refractivity (Wildman–Crippen MR) is 127 cm³/mol. The number of phenols is 1. The summed E-state index contributed by atoms with van der Waals surface area (Å²) in [6.07, 6.45) is 0.500. The number of amides is 2. The number of phenolic OH excluding ortho intramolecular Hbond substituents is 1. The Bertz CT molecular complexity index is 976. The number of carbonyl (C=O) groups excluding carboxylic acids is 2. The molecule has 3 N–H and O–H groups in total. The van der Waals surface area contributed by atoms with E-state index < -0.39 is 23.6 Å². The van der Waals surface area contributed by atoms with Crippen molar-refractivity contribution in [2.24, 2.45) is 5.10 Å². The lowest BCUT2D eigenvalue weighted by atomic mass is 10.2. The van der Waals surface area contributed by atoms with Gasteiger partial charge in [-0.2, -0.15) is 5.10 Å². The number of hydrogen-bond donors (Lipinski definition) is 3. The second kappa shape index (κ2) is 12.2. The molecule has 2 aromatic carbocycles. The molecule has 2 amide bonds. The molecule has 33 heavy (non-hydrogen) atoms. The van der Waals surface area contributed by atoms with Crippen LogP contribution in [0.15, 0.2) is 52.0 Å². The topological polar surface area (TPSA) is 118 Å². The Morgan fingerprint density at radius 2 is 1.91 bits per heavy atom. The van der Waals surface area contributed by atoms with Crippen LogP contribution in [0.3, 0.4) is 0 Å². The molecule has 1 atom stereocenters. The van der Waals surface area contributed by atoms with Crippen LogP contribution in [0.2, 0.25) is 0 Å². The van der Waals surface area contributed by atoms with Crippen LogP contribution in [0.1, 0.15) is 31.9 Å². The van der Waals surface area contributed by atoms with Gasteiger partial charge in [-0.1, -0.05) is 46.3 Å². The highest BCUT2D eigenvalue weighted by Gasteiger charge is 2.24. The lowest BCUT2D eigenvalue weighted by Crippen LogP contribution is -2.49. The zero-order chi connectivity index (χ0) is 24.4.